The number of hydrogen-bond acceptors (Lipinski definition) is 6. The first kappa shape index (κ1) is 16.1. The quantitative estimate of drug-likeness (QED) is 0.620. The molecule has 0 fully saturated rings. The second-order valence-electron chi connectivity index (χ2n) is 4.10. The molecule has 0 unspecified atom stereocenters. The summed E-state index contributed by atoms with van der Waals surface area (Å²) in [6.45, 7) is 1.38. The molecule has 0 saturated carbocycles. The van der Waals surface area contributed by atoms with Crippen molar-refractivity contribution < 1.29 is 9.53 Å². The second kappa shape index (κ2) is 7.59. The van der Waals surface area contributed by atoms with Crippen molar-refractivity contribution in [3.63, 3.8) is 0 Å². The van der Waals surface area contributed by atoms with Crippen LogP contribution >= 0.6 is 0 Å². The lowest BCUT2D eigenvalue weighted by Gasteiger charge is -2.04. The van der Waals surface area contributed by atoms with Crippen molar-refractivity contribution in [3.8, 4) is 5.75 Å². The van der Waals surface area contributed by atoms with Gasteiger partial charge in [-0.3, -0.25) is 4.79 Å². The summed E-state index contributed by atoms with van der Waals surface area (Å²) in [5.74, 6) is 1.15. The molecule has 21 heavy (non-hydrogen) atoms. The van der Waals surface area contributed by atoms with E-state index >= 15 is 0 Å². The fraction of sp³-hybridized carbons (Fsp3) is 0.143. The molecule has 1 amide bonds. The average Bonchev–Trinajstić information content (AvgIpc) is 2.44. The number of nitrogens with one attached hydrogen (secondary N) is 1. The van der Waals surface area contributed by atoms with E-state index in [9.17, 15) is 4.79 Å². The van der Waals surface area contributed by atoms with E-state index in [0.717, 1.165) is 5.75 Å². The van der Waals surface area contributed by atoms with E-state index in [1.807, 2.05) is 18.2 Å². The molecule has 0 saturated heterocycles. The van der Waals surface area contributed by atoms with Gasteiger partial charge in [-0.05, 0) is 24.3 Å². The van der Waals surface area contributed by atoms with E-state index in [1.54, 1.807) is 25.3 Å². The van der Waals surface area contributed by atoms with Gasteiger partial charge in [-0.15, -0.1) is 0 Å². The third-order valence-corrected chi connectivity index (χ3v) is 2.38. The Morgan fingerprint density at radius 1 is 1.10 bits per heavy atom. The maximum absolute atomic E-state index is 10.6. The van der Waals surface area contributed by atoms with Crippen molar-refractivity contribution >= 4 is 28.9 Å². The zero-order valence-corrected chi connectivity index (χ0v) is 12.0. The van der Waals surface area contributed by atoms with Gasteiger partial charge in [0.2, 0.25) is 5.91 Å². The molecular formula is C14H19N5O2. The lowest BCUT2D eigenvalue weighted by molar-refractivity contribution is -0.114. The van der Waals surface area contributed by atoms with Crippen molar-refractivity contribution in [2.75, 3.05) is 29.6 Å². The SMILES string of the molecule is CC(=O)Nc1nc(N)ccc1N.COc1ccccc1N. The maximum Gasteiger partial charge on any atom is 0.222 e. The van der Waals surface area contributed by atoms with Gasteiger partial charge in [-0.2, -0.15) is 0 Å². The molecule has 2 rings (SSSR count). The molecule has 0 radical (unpaired) electrons. The van der Waals surface area contributed by atoms with Crippen LogP contribution in [-0.2, 0) is 4.79 Å². The lowest BCUT2D eigenvalue weighted by Crippen LogP contribution is -2.10. The predicted octanol–water partition coefficient (Wildman–Crippen LogP) is 1.48. The summed E-state index contributed by atoms with van der Waals surface area (Å²) < 4.78 is 4.92. The number of hydrogen-bond donors (Lipinski definition) is 4. The molecule has 0 aliphatic rings. The van der Waals surface area contributed by atoms with E-state index in [2.05, 4.69) is 10.3 Å². The number of nitrogens with zero attached hydrogens (tertiary/aromatic N) is 1. The molecule has 2 aromatic rings. The van der Waals surface area contributed by atoms with E-state index < -0.39 is 0 Å². The minimum absolute atomic E-state index is 0.222. The summed E-state index contributed by atoms with van der Waals surface area (Å²) in [7, 11) is 1.60. The Hall–Kier alpha value is -2.96. The number of methoxy groups -OCH3 is 1. The number of carbonyl (C=O) groups excluding carboxylic acids is 1. The van der Waals surface area contributed by atoms with Crippen LogP contribution in [0.25, 0.3) is 0 Å². The number of para-hydroxylation sites is 2. The highest BCUT2D eigenvalue weighted by Gasteiger charge is 2.01. The van der Waals surface area contributed by atoms with Crippen molar-refractivity contribution in [1.29, 1.82) is 0 Å². The molecule has 0 aliphatic heterocycles. The van der Waals surface area contributed by atoms with Crippen LogP contribution in [0.3, 0.4) is 0 Å². The number of pyridine rings is 1. The number of ether oxygens (including phenoxy) is 1. The van der Waals surface area contributed by atoms with Gasteiger partial charge in [0.25, 0.3) is 0 Å². The summed E-state index contributed by atoms with van der Waals surface area (Å²) in [6.07, 6.45) is 0. The zero-order chi connectivity index (χ0) is 15.8. The molecule has 0 aliphatic carbocycles. The number of rotatable bonds is 2. The van der Waals surface area contributed by atoms with Crippen molar-refractivity contribution in [2.45, 2.75) is 6.92 Å². The first-order chi connectivity index (χ1) is 9.93. The number of carbonyl (C=O) groups is 1. The van der Waals surface area contributed by atoms with Gasteiger partial charge in [0.05, 0.1) is 18.5 Å². The van der Waals surface area contributed by atoms with Crippen LogP contribution in [0, 0.1) is 0 Å². The van der Waals surface area contributed by atoms with Crippen LogP contribution in [0.15, 0.2) is 36.4 Å². The first-order valence-corrected chi connectivity index (χ1v) is 6.12. The molecule has 1 aromatic carbocycles. The van der Waals surface area contributed by atoms with E-state index in [0.29, 0.717) is 23.0 Å². The smallest absolute Gasteiger partial charge is 0.222 e. The van der Waals surface area contributed by atoms with Gasteiger partial charge in [0, 0.05) is 6.92 Å². The van der Waals surface area contributed by atoms with E-state index in [4.69, 9.17) is 21.9 Å². The summed E-state index contributed by atoms with van der Waals surface area (Å²) in [4.78, 5) is 14.5. The van der Waals surface area contributed by atoms with Gasteiger partial charge in [-0.1, -0.05) is 12.1 Å². The molecule has 1 aromatic heterocycles. The fourth-order valence-corrected chi connectivity index (χ4v) is 1.42. The minimum Gasteiger partial charge on any atom is -0.495 e. The minimum atomic E-state index is -0.222. The monoisotopic (exact) mass is 289 g/mol. The third-order valence-electron chi connectivity index (χ3n) is 2.38. The molecule has 7 heteroatoms. The van der Waals surface area contributed by atoms with Crippen molar-refractivity contribution in [3.05, 3.63) is 36.4 Å². The van der Waals surface area contributed by atoms with Crippen LogP contribution in [0.2, 0.25) is 0 Å². The summed E-state index contributed by atoms with van der Waals surface area (Å²) >= 11 is 0. The Kier molecular flexibility index (Phi) is 5.81. The second-order valence-corrected chi connectivity index (χ2v) is 4.10. The Morgan fingerprint density at radius 3 is 2.29 bits per heavy atom. The molecule has 7 nitrogen and oxygen atoms in total. The zero-order valence-electron chi connectivity index (χ0n) is 12.0. The standard InChI is InChI=1S/C7H10N4O.C7H9NO/c1-4(12)10-7-5(8)2-3-6(9)11-7;1-9-7-5-3-2-4-6(7)8/h2-3H,8H2,1H3,(H3,9,10,11,12);2-5H,8H2,1H3. The molecule has 1 heterocycles. The molecule has 0 atom stereocenters. The number of nitrogens with two attached hydrogens (primary N) is 3. The fourth-order valence-electron chi connectivity index (χ4n) is 1.42. The van der Waals surface area contributed by atoms with E-state index in [-0.39, 0.29) is 5.91 Å². The highest BCUT2D eigenvalue weighted by molar-refractivity contribution is 5.90. The summed E-state index contributed by atoms with van der Waals surface area (Å²) in [5.41, 5.74) is 17.5. The van der Waals surface area contributed by atoms with Gasteiger partial charge >= 0.3 is 0 Å². The summed E-state index contributed by atoms with van der Waals surface area (Å²) in [6, 6.07) is 10.6. The Balaban J connectivity index is 0.000000219. The van der Waals surface area contributed by atoms with Crippen LogP contribution in [0.1, 0.15) is 6.92 Å². The van der Waals surface area contributed by atoms with Crippen LogP contribution in [0.4, 0.5) is 23.0 Å². The Morgan fingerprint density at radius 2 is 1.76 bits per heavy atom. The average molecular weight is 289 g/mol. The van der Waals surface area contributed by atoms with Gasteiger partial charge in [0.1, 0.15) is 11.6 Å². The van der Waals surface area contributed by atoms with Crippen molar-refractivity contribution in [2.24, 2.45) is 0 Å². The van der Waals surface area contributed by atoms with Crippen LogP contribution in [-0.4, -0.2) is 18.0 Å². The number of anilines is 4. The molecular weight excluding hydrogens is 270 g/mol. The topological polar surface area (TPSA) is 129 Å². The maximum atomic E-state index is 10.6. The predicted molar refractivity (Wildman–Crippen MR) is 84.8 cm³/mol. The molecule has 0 bridgehead atoms. The molecule has 0 spiro atoms. The van der Waals surface area contributed by atoms with Crippen molar-refractivity contribution in [1.82, 2.24) is 4.98 Å². The largest absolute Gasteiger partial charge is 0.495 e. The van der Waals surface area contributed by atoms with E-state index in [1.165, 1.54) is 6.92 Å². The Bertz CT molecular complexity index is 616. The first-order valence-electron chi connectivity index (χ1n) is 6.12. The molecule has 7 N–H and O–H groups in total. The third kappa shape index (κ3) is 5.27. The Labute approximate surface area is 123 Å². The highest BCUT2D eigenvalue weighted by Crippen LogP contribution is 2.18. The van der Waals surface area contributed by atoms with Gasteiger partial charge in [0.15, 0.2) is 5.82 Å². The number of aromatic nitrogens is 1. The summed E-state index contributed by atoms with van der Waals surface area (Å²) in [5, 5.41) is 2.46. The number of benzene rings is 1. The number of nitrogen functional groups attached to an aromatic ring is 3. The normalized spacial score (nSPS) is 9.24. The van der Waals surface area contributed by atoms with Gasteiger partial charge < -0.3 is 27.3 Å². The molecule has 112 valence electrons. The van der Waals surface area contributed by atoms with Crippen LogP contribution in [0.5, 0.6) is 5.75 Å². The highest BCUT2D eigenvalue weighted by atomic mass is 16.5. The number of amides is 1. The van der Waals surface area contributed by atoms with Crippen LogP contribution < -0.4 is 27.3 Å². The van der Waals surface area contributed by atoms with Gasteiger partial charge in [-0.25, -0.2) is 4.98 Å². The lowest BCUT2D eigenvalue weighted by atomic mass is 10.3.